The summed E-state index contributed by atoms with van der Waals surface area (Å²) in [6.45, 7) is 3.19. The van der Waals surface area contributed by atoms with Crippen molar-refractivity contribution in [2.75, 3.05) is 38.6 Å². The number of carbonyl (C=O) groups excluding carboxylic acids is 1. The van der Waals surface area contributed by atoms with Crippen molar-refractivity contribution in [2.24, 2.45) is 0 Å². The van der Waals surface area contributed by atoms with Crippen molar-refractivity contribution < 1.29 is 14.3 Å². The molecule has 0 aliphatic carbocycles. The summed E-state index contributed by atoms with van der Waals surface area (Å²) < 4.78 is 10.8. The van der Waals surface area contributed by atoms with Gasteiger partial charge in [-0.1, -0.05) is 12.1 Å². The van der Waals surface area contributed by atoms with Crippen molar-refractivity contribution in [1.29, 1.82) is 0 Å². The van der Waals surface area contributed by atoms with Crippen LogP contribution in [0.25, 0.3) is 0 Å². The molecular formula is C14H20N2O3. The fourth-order valence-corrected chi connectivity index (χ4v) is 1.99. The summed E-state index contributed by atoms with van der Waals surface area (Å²) in [5.74, 6) is 0.856. The minimum Gasteiger partial charge on any atom is -0.491 e. The number of anilines is 1. The van der Waals surface area contributed by atoms with Crippen molar-refractivity contribution in [3.05, 3.63) is 24.3 Å². The molecule has 2 N–H and O–H groups in total. The number of hydrogen-bond donors (Lipinski definition) is 1. The lowest BCUT2D eigenvalue weighted by Crippen LogP contribution is -2.40. The Morgan fingerprint density at radius 2 is 2.05 bits per heavy atom. The number of benzene rings is 1. The summed E-state index contributed by atoms with van der Waals surface area (Å²) in [6, 6.07) is 7.38. The van der Waals surface area contributed by atoms with E-state index in [2.05, 4.69) is 0 Å². The molecule has 19 heavy (non-hydrogen) atoms. The summed E-state index contributed by atoms with van der Waals surface area (Å²) in [5, 5.41) is 0. The third-order valence-corrected chi connectivity index (χ3v) is 3.08. The standard InChI is InChI=1S/C14H20N2O3/c15-12-4-1-2-5-13(12)19-9-3-6-14(17)16-7-10-18-11-8-16/h1-2,4-5H,3,6-11,15H2. The van der Waals surface area contributed by atoms with Crippen molar-refractivity contribution in [1.82, 2.24) is 4.90 Å². The van der Waals surface area contributed by atoms with Crippen molar-refractivity contribution in [3.63, 3.8) is 0 Å². The SMILES string of the molecule is Nc1ccccc1OCCCC(=O)N1CCOCC1. The predicted molar refractivity (Wildman–Crippen MR) is 73.0 cm³/mol. The Morgan fingerprint density at radius 3 is 2.79 bits per heavy atom. The molecule has 0 aromatic heterocycles. The van der Waals surface area contributed by atoms with E-state index in [1.54, 1.807) is 6.07 Å². The van der Waals surface area contributed by atoms with Gasteiger partial charge in [0.05, 0.1) is 25.5 Å². The van der Waals surface area contributed by atoms with Crippen LogP contribution in [-0.4, -0.2) is 43.7 Å². The van der Waals surface area contributed by atoms with Crippen LogP contribution in [0.4, 0.5) is 5.69 Å². The number of para-hydroxylation sites is 2. The third-order valence-electron chi connectivity index (χ3n) is 3.08. The summed E-state index contributed by atoms with van der Waals surface area (Å²) in [5.41, 5.74) is 6.39. The van der Waals surface area contributed by atoms with Crippen LogP contribution in [0.2, 0.25) is 0 Å². The topological polar surface area (TPSA) is 64.8 Å². The number of rotatable bonds is 5. The van der Waals surface area contributed by atoms with Gasteiger partial charge in [-0.25, -0.2) is 0 Å². The number of nitrogens with two attached hydrogens (primary N) is 1. The van der Waals surface area contributed by atoms with Gasteiger partial charge in [-0.3, -0.25) is 4.79 Å². The minimum atomic E-state index is 0.174. The molecule has 1 aliphatic heterocycles. The quantitative estimate of drug-likeness (QED) is 0.643. The zero-order valence-corrected chi connectivity index (χ0v) is 11.0. The van der Waals surface area contributed by atoms with Gasteiger partial charge < -0.3 is 20.1 Å². The Balaban J connectivity index is 1.66. The minimum absolute atomic E-state index is 0.174. The molecule has 1 amide bonds. The lowest BCUT2D eigenvalue weighted by atomic mass is 10.2. The van der Waals surface area contributed by atoms with Crippen LogP contribution in [0.5, 0.6) is 5.75 Å². The average molecular weight is 264 g/mol. The van der Waals surface area contributed by atoms with E-state index in [4.69, 9.17) is 15.2 Å². The number of amides is 1. The molecule has 2 rings (SSSR count). The average Bonchev–Trinajstić information content (AvgIpc) is 2.46. The maximum Gasteiger partial charge on any atom is 0.222 e. The Kier molecular flexibility index (Phi) is 5.03. The van der Waals surface area contributed by atoms with Gasteiger partial charge in [-0.2, -0.15) is 0 Å². The molecule has 0 saturated carbocycles. The molecule has 1 aliphatic rings. The second kappa shape index (κ2) is 6.99. The number of nitrogens with zero attached hydrogens (tertiary/aromatic N) is 1. The molecule has 0 atom stereocenters. The second-order valence-electron chi connectivity index (χ2n) is 4.48. The van der Waals surface area contributed by atoms with E-state index in [0.29, 0.717) is 57.2 Å². The van der Waals surface area contributed by atoms with Gasteiger partial charge in [0.1, 0.15) is 5.75 Å². The lowest BCUT2D eigenvalue weighted by molar-refractivity contribution is -0.135. The predicted octanol–water partition coefficient (Wildman–Crippen LogP) is 1.29. The molecule has 1 saturated heterocycles. The maximum atomic E-state index is 11.9. The molecule has 104 valence electrons. The van der Waals surface area contributed by atoms with Gasteiger partial charge in [-0.05, 0) is 18.6 Å². The highest BCUT2D eigenvalue weighted by molar-refractivity contribution is 5.76. The van der Waals surface area contributed by atoms with Gasteiger partial charge in [0, 0.05) is 19.5 Å². The molecule has 1 fully saturated rings. The number of ether oxygens (including phenoxy) is 2. The molecule has 0 unspecified atom stereocenters. The fourth-order valence-electron chi connectivity index (χ4n) is 1.99. The van der Waals surface area contributed by atoms with Crippen LogP contribution in [0.15, 0.2) is 24.3 Å². The summed E-state index contributed by atoms with van der Waals surface area (Å²) in [6.07, 6.45) is 1.21. The van der Waals surface area contributed by atoms with E-state index in [-0.39, 0.29) is 5.91 Å². The fraction of sp³-hybridized carbons (Fsp3) is 0.500. The molecule has 1 aromatic rings. The molecule has 0 radical (unpaired) electrons. The number of hydrogen-bond acceptors (Lipinski definition) is 4. The highest BCUT2D eigenvalue weighted by atomic mass is 16.5. The summed E-state index contributed by atoms with van der Waals surface area (Å²) >= 11 is 0. The van der Waals surface area contributed by atoms with Crippen molar-refractivity contribution in [3.8, 4) is 5.75 Å². The first kappa shape index (κ1) is 13.7. The van der Waals surface area contributed by atoms with Gasteiger partial charge in [0.15, 0.2) is 0 Å². The monoisotopic (exact) mass is 264 g/mol. The van der Waals surface area contributed by atoms with Crippen LogP contribution in [0, 0.1) is 0 Å². The van der Waals surface area contributed by atoms with Crippen molar-refractivity contribution in [2.45, 2.75) is 12.8 Å². The normalized spacial score (nSPS) is 15.3. The highest BCUT2D eigenvalue weighted by Crippen LogP contribution is 2.19. The molecule has 0 spiro atoms. The van der Waals surface area contributed by atoms with E-state index in [0.717, 1.165) is 0 Å². The van der Waals surface area contributed by atoms with E-state index in [9.17, 15) is 4.79 Å². The van der Waals surface area contributed by atoms with Crippen LogP contribution in [0.3, 0.4) is 0 Å². The van der Waals surface area contributed by atoms with Crippen LogP contribution >= 0.6 is 0 Å². The van der Waals surface area contributed by atoms with E-state index < -0.39 is 0 Å². The van der Waals surface area contributed by atoms with E-state index in [1.165, 1.54) is 0 Å². The van der Waals surface area contributed by atoms with Crippen LogP contribution in [0.1, 0.15) is 12.8 Å². The summed E-state index contributed by atoms with van der Waals surface area (Å²) in [7, 11) is 0. The Bertz CT molecular complexity index is 417. The smallest absolute Gasteiger partial charge is 0.222 e. The zero-order chi connectivity index (χ0) is 13.5. The van der Waals surface area contributed by atoms with E-state index in [1.807, 2.05) is 23.1 Å². The highest BCUT2D eigenvalue weighted by Gasteiger charge is 2.16. The Morgan fingerprint density at radius 1 is 1.32 bits per heavy atom. The number of carbonyl (C=O) groups is 1. The van der Waals surface area contributed by atoms with E-state index >= 15 is 0 Å². The van der Waals surface area contributed by atoms with Crippen LogP contribution in [-0.2, 0) is 9.53 Å². The van der Waals surface area contributed by atoms with Gasteiger partial charge in [0.25, 0.3) is 0 Å². The molecule has 1 aromatic carbocycles. The Hall–Kier alpha value is -1.75. The largest absolute Gasteiger partial charge is 0.491 e. The molecule has 5 nitrogen and oxygen atoms in total. The Labute approximate surface area is 113 Å². The first-order valence-corrected chi connectivity index (χ1v) is 6.60. The van der Waals surface area contributed by atoms with Gasteiger partial charge in [-0.15, -0.1) is 0 Å². The zero-order valence-electron chi connectivity index (χ0n) is 11.0. The first-order valence-electron chi connectivity index (χ1n) is 6.60. The molecular weight excluding hydrogens is 244 g/mol. The molecule has 0 bridgehead atoms. The summed E-state index contributed by atoms with van der Waals surface area (Å²) in [4.78, 5) is 13.7. The number of nitrogen functional groups attached to an aromatic ring is 1. The maximum absolute atomic E-state index is 11.9. The van der Waals surface area contributed by atoms with Crippen molar-refractivity contribution >= 4 is 11.6 Å². The van der Waals surface area contributed by atoms with Gasteiger partial charge in [0.2, 0.25) is 5.91 Å². The number of morpholine rings is 1. The molecule has 1 heterocycles. The molecule has 5 heteroatoms. The lowest BCUT2D eigenvalue weighted by Gasteiger charge is -2.26. The third kappa shape index (κ3) is 4.13. The second-order valence-corrected chi connectivity index (χ2v) is 4.48. The van der Waals surface area contributed by atoms with Gasteiger partial charge >= 0.3 is 0 Å². The first-order chi connectivity index (χ1) is 9.27. The van der Waals surface area contributed by atoms with Crippen LogP contribution < -0.4 is 10.5 Å².